The van der Waals surface area contributed by atoms with Crippen LogP contribution < -0.4 is 9.46 Å². The van der Waals surface area contributed by atoms with Crippen molar-refractivity contribution >= 4 is 15.9 Å². The molecule has 3 rings (SSSR count). The monoisotopic (exact) mass is 426 g/mol. The maximum atomic E-state index is 13.1. The predicted molar refractivity (Wildman–Crippen MR) is 107 cm³/mol. The highest BCUT2D eigenvalue weighted by Gasteiger charge is 2.36. The number of sulfonamides is 1. The lowest BCUT2D eigenvalue weighted by atomic mass is 9.94. The first-order valence-electron chi connectivity index (χ1n) is 10.00. The molecule has 1 N–H and O–H groups in total. The smallest absolute Gasteiger partial charge is 0.241 e. The number of ether oxygens (including phenoxy) is 3. The van der Waals surface area contributed by atoms with Gasteiger partial charge in [0.2, 0.25) is 15.9 Å². The molecule has 2 aliphatic rings. The minimum atomic E-state index is -3.83. The van der Waals surface area contributed by atoms with Crippen molar-refractivity contribution in [3.63, 3.8) is 0 Å². The predicted octanol–water partition coefficient (Wildman–Crippen LogP) is 1.61. The van der Waals surface area contributed by atoms with Crippen LogP contribution in [-0.4, -0.2) is 65.0 Å². The molecule has 8 nitrogen and oxygen atoms in total. The average Bonchev–Trinajstić information content (AvgIpc) is 3.26. The summed E-state index contributed by atoms with van der Waals surface area (Å²) in [6.45, 7) is 6.05. The van der Waals surface area contributed by atoms with Crippen molar-refractivity contribution in [2.75, 3.05) is 33.4 Å². The highest BCUT2D eigenvalue weighted by Crippen LogP contribution is 2.27. The Morgan fingerprint density at radius 2 is 1.72 bits per heavy atom. The lowest BCUT2D eigenvalue weighted by Crippen LogP contribution is -2.53. The molecule has 2 aliphatic heterocycles. The fraction of sp³-hybridized carbons (Fsp3) is 0.650. The number of hydrogen-bond acceptors (Lipinski definition) is 6. The molecule has 9 heteroatoms. The summed E-state index contributed by atoms with van der Waals surface area (Å²) in [4.78, 5) is 14.9. The van der Waals surface area contributed by atoms with E-state index in [0.717, 1.165) is 12.8 Å². The van der Waals surface area contributed by atoms with Gasteiger partial charge in [0.05, 0.1) is 25.2 Å². The van der Waals surface area contributed by atoms with Crippen molar-refractivity contribution < 1.29 is 27.4 Å². The Hall–Kier alpha value is -1.68. The lowest BCUT2D eigenvalue weighted by molar-refractivity contribution is -0.139. The van der Waals surface area contributed by atoms with E-state index >= 15 is 0 Å². The third kappa shape index (κ3) is 5.28. The molecule has 0 unspecified atom stereocenters. The first-order chi connectivity index (χ1) is 13.8. The van der Waals surface area contributed by atoms with E-state index in [4.69, 9.17) is 14.2 Å². The molecule has 162 valence electrons. The number of carbonyl (C=O) groups excluding carboxylic acids is 1. The van der Waals surface area contributed by atoms with Crippen LogP contribution in [-0.2, 0) is 24.3 Å². The molecule has 0 aromatic heterocycles. The fourth-order valence-electron chi connectivity index (χ4n) is 3.70. The molecule has 29 heavy (non-hydrogen) atoms. The van der Waals surface area contributed by atoms with Gasteiger partial charge in [-0.25, -0.2) is 8.42 Å². The van der Waals surface area contributed by atoms with Gasteiger partial charge >= 0.3 is 0 Å². The Bertz CT molecular complexity index is 782. The van der Waals surface area contributed by atoms with Crippen molar-refractivity contribution in [2.45, 2.75) is 43.9 Å². The van der Waals surface area contributed by atoms with Gasteiger partial charge in [-0.1, -0.05) is 13.8 Å². The summed E-state index contributed by atoms with van der Waals surface area (Å²) in [6.07, 6.45) is 1.39. The zero-order chi connectivity index (χ0) is 21.0. The van der Waals surface area contributed by atoms with Crippen molar-refractivity contribution in [2.24, 2.45) is 11.8 Å². The van der Waals surface area contributed by atoms with Gasteiger partial charge in [-0.2, -0.15) is 4.72 Å². The number of hydrogen-bond donors (Lipinski definition) is 1. The number of piperidine rings is 1. The Kier molecular flexibility index (Phi) is 7.15. The summed E-state index contributed by atoms with van der Waals surface area (Å²) < 4.78 is 44.4. The molecule has 2 saturated heterocycles. The standard InChI is InChI=1S/C20H30N2O6S/c1-14(2)18(21-29(24,25)17-6-4-16(26-3)5-7-17)19(23)22-10-8-15(9-11-22)20-27-12-13-28-20/h4-7,14-15,18,20-21H,8-13H2,1-3H3/t18-/m0/s1. The summed E-state index contributed by atoms with van der Waals surface area (Å²) in [6, 6.07) is 5.28. The van der Waals surface area contributed by atoms with Crippen LogP contribution in [0.1, 0.15) is 26.7 Å². The molecule has 1 amide bonds. The maximum Gasteiger partial charge on any atom is 0.241 e. The quantitative estimate of drug-likeness (QED) is 0.712. The largest absolute Gasteiger partial charge is 0.497 e. The third-order valence-corrected chi connectivity index (χ3v) is 6.93. The van der Waals surface area contributed by atoms with E-state index in [1.54, 1.807) is 17.0 Å². The van der Waals surface area contributed by atoms with Crippen LogP contribution in [0, 0.1) is 11.8 Å². The van der Waals surface area contributed by atoms with Gasteiger partial charge in [0, 0.05) is 19.0 Å². The van der Waals surface area contributed by atoms with Gasteiger partial charge in [-0.05, 0) is 43.0 Å². The van der Waals surface area contributed by atoms with Crippen molar-refractivity contribution in [3.8, 4) is 5.75 Å². The van der Waals surface area contributed by atoms with E-state index in [9.17, 15) is 13.2 Å². The maximum absolute atomic E-state index is 13.1. The van der Waals surface area contributed by atoms with Gasteiger partial charge in [-0.3, -0.25) is 4.79 Å². The van der Waals surface area contributed by atoms with E-state index in [1.165, 1.54) is 19.2 Å². The van der Waals surface area contributed by atoms with Crippen LogP contribution in [0.3, 0.4) is 0 Å². The molecule has 0 spiro atoms. The summed E-state index contributed by atoms with van der Waals surface area (Å²) in [5, 5.41) is 0. The number of carbonyl (C=O) groups is 1. The zero-order valence-electron chi connectivity index (χ0n) is 17.2. The lowest BCUT2D eigenvalue weighted by Gasteiger charge is -2.36. The topological polar surface area (TPSA) is 94.2 Å². The number of rotatable bonds is 7. The molecule has 2 heterocycles. The molecular weight excluding hydrogens is 396 g/mol. The van der Waals surface area contributed by atoms with E-state index in [1.807, 2.05) is 13.8 Å². The van der Waals surface area contributed by atoms with Crippen molar-refractivity contribution in [3.05, 3.63) is 24.3 Å². The summed E-state index contributed by atoms with van der Waals surface area (Å²) in [5.41, 5.74) is 0. The van der Waals surface area contributed by atoms with Gasteiger partial charge in [0.15, 0.2) is 6.29 Å². The number of benzene rings is 1. The van der Waals surface area contributed by atoms with Gasteiger partial charge < -0.3 is 19.1 Å². The second kappa shape index (κ2) is 9.42. The second-order valence-electron chi connectivity index (χ2n) is 7.79. The van der Waals surface area contributed by atoms with Crippen LogP contribution in [0.5, 0.6) is 5.75 Å². The van der Waals surface area contributed by atoms with E-state index in [-0.39, 0.29) is 28.9 Å². The Labute approximate surface area is 172 Å². The third-order valence-electron chi connectivity index (χ3n) is 5.47. The minimum Gasteiger partial charge on any atom is -0.497 e. The highest BCUT2D eigenvalue weighted by molar-refractivity contribution is 7.89. The van der Waals surface area contributed by atoms with E-state index in [0.29, 0.717) is 32.1 Å². The van der Waals surface area contributed by atoms with Gasteiger partial charge in [0.25, 0.3) is 0 Å². The summed E-state index contributed by atoms with van der Waals surface area (Å²) >= 11 is 0. The first kappa shape index (κ1) is 22.0. The van der Waals surface area contributed by atoms with E-state index < -0.39 is 16.1 Å². The van der Waals surface area contributed by atoms with Gasteiger partial charge in [0.1, 0.15) is 11.8 Å². The number of likely N-dealkylation sites (tertiary alicyclic amines) is 1. The highest BCUT2D eigenvalue weighted by atomic mass is 32.2. The van der Waals surface area contributed by atoms with Gasteiger partial charge in [-0.15, -0.1) is 0 Å². The molecule has 1 aromatic rings. The van der Waals surface area contributed by atoms with Crippen LogP contribution in [0.25, 0.3) is 0 Å². The van der Waals surface area contributed by atoms with Crippen LogP contribution in [0.2, 0.25) is 0 Å². The van der Waals surface area contributed by atoms with Crippen molar-refractivity contribution in [1.82, 2.24) is 9.62 Å². The zero-order valence-corrected chi connectivity index (χ0v) is 18.0. The SMILES string of the molecule is COc1ccc(S(=O)(=O)N[C@H](C(=O)N2CCC(C3OCCO3)CC2)C(C)C)cc1. The van der Waals surface area contributed by atoms with Crippen molar-refractivity contribution in [1.29, 1.82) is 0 Å². The summed E-state index contributed by atoms with van der Waals surface area (Å²) in [5.74, 6) is 0.465. The number of nitrogens with one attached hydrogen (secondary N) is 1. The number of amides is 1. The molecule has 0 bridgehead atoms. The molecule has 1 atom stereocenters. The number of methoxy groups -OCH3 is 1. The van der Waals surface area contributed by atoms with Crippen LogP contribution in [0.15, 0.2) is 29.2 Å². The Morgan fingerprint density at radius 1 is 1.14 bits per heavy atom. The molecule has 2 fully saturated rings. The number of nitrogens with zero attached hydrogens (tertiary/aromatic N) is 1. The second-order valence-corrected chi connectivity index (χ2v) is 9.51. The normalized spacial score (nSPS) is 20.2. The summed E-state index contributed by atoms with van der Waals surface area (Å²) in [7, 11) is -2.31. The molecular formula is C20H30N2O6S. The van der Waals surface area contributed by atoms with Crippen LogP contribution in [0.4, 0.5) is 0 Å². The Balaban J connectivity index is 1.64. The Morgan fingerprint density at radius 3 is 2.24 bits per heavy atom. The fourth-order valence-corrected chi connectivity index (χ4v) is 5.04. The molecule has 0 saturated carbocycles. The molecule has 0 radical (unpaired) electrons. The molecule has 0 aliphatic carbocycles. The minimum absolute atomic E-state index is 0.103. The average molecular weight is 427 g/mol. The van der Waals surface area contributed by atoms with Crippen LogP contribution >= 0.6 is 0 Å². The van der Waals surface area contributed by atoms with E-state index in [2.05, 4.69) is 4.72 Å². The first-order valence-corrected chi connectivity index (χ1v) is 11.5. The molecule has 1 aromatic carbocycles.